The third-order valence-corrected chi connectivity index (χ3v) is 5.22. The SMILES string of the molecule is C[N+](Cc1ccccc1)(C[Si](C)(C)C)c1ccccc1. The van der Waals surface area contributed by atoms with Crippen molar-refractivity contribution in [1.82, 2.24) is 4.48 Å². The van der Waals surface area contributed by atoms with E-state index >= 15 is 0 Å². The molecule has 0 fully saturated rings. The minimum Gasteiger partial charge on any atom is -0.293 e. The molecule has 2 aromatic carbocycles. The summed E-state index contributed by atoms with van der Waals surface area (Å²) in [6.07, 6.45) is 1.26. The molecule has 0 saturated heterocycles. The van der Waals surface area contributed by atoms with Crippen LogP contribution in [0.2, 0.25) is 19.6 Å². The van der Waals surface area contributed by atoms with Crippen LogP contribution in [0.15, 0.2) is 60.7 Å². The zero-order valence-electron chi connectivity index (χ0n) is 13.1. The lowest BCUT2D eigenvalue weighted by Gasteiger charge is -2.38. The molecule has 0 bridgehead atoms. The van der Waals surface area contributed by atoms with E-state index < -0.39 is 8.07 Å². The minimum absolute atomic E-state index is 1.00. The van der Waals surface area contributed by atoms with Gasteiger partial charge < -0.3 is 0 Å². The van der Waals surface area contributed by atoms with Crippen molar-refractivity contribution in [2.45, 2.75) is 26.2 Å². The minimum atomic E-state index is -1.16. The third kappa shape index (κ3) is 4.05. The molecule has 1 atom stereocenters. The maximum atomic E-state index is 2.46. The smallest absolute Gasteiger partial charge is 0.132 e. The Kier molecular flexibility index (Phi) is 4.46. The quantitative estimate of drug-likeness (QED) is 0.551. The molecule has 2 aromatic rings. The molecule has 0 aliphatic carbocycles. The first-order valence-corrected chi connectivity index (χ1v) is 11.0. The topological polar surface area (TPSA) is 0 Å². The molecule has 0 radical (unpaired) electrons. The normalized spacial score (nSPS) is 14.8. The Morgan fingerprint density at radius 1 is 0.800 bits per heavy atom. The summed E-state index contributed by atoms with van der Waals surface area (Å²) in [5, 5.41) is 0. The van der Waals surface area contributed by atoms with Crippen molar-refractivity contribution in [3.05, 3.63) is 66.2 Å². The van der Waals surface area contributed by atoms with E-state index in [4.69, 9.17) is 0 Å². The van der Waals surface area contributed by atoms with Gasteiger partial charge in [-0.05, 0) is 12.1 Å². The van der Waals surface area contributed by atoms with Gasteiger partial charge in [-0.15, -0.1) is 0 Å². The fourth-order valence-electron chi connectivity index (χ4n) is 3.06. The Hall–Kier alpha value is -1.38. The monoisotopic (exact) mass is 284 g/mol. The average molecular weight is 284 g/mol. The zero-order chi connectivity index (χ0) is 14.6. The predicted molar refractivity (Wildman–Crippen MR) is 92.5 cm³/mol. The van der Waals surface area contributed by atoms with Crippen LogP contribution in [-0.4, -0.2) is 21.3 Å². The fourth-order valence-corrected chi connectivity index (χ4v) is 5.45. The van der Waals surface area contributed by atoms with Gasteiger partial charge in [-0.1, -0.05) is 68.2 Å². The molecule has 2 heteroatoms. The first-order valence-electron chi connectivity index (χ1n) is 7.33. The van der Waals surface area contributed by atoms with Gasteiger partial charge in [0.05, 0.1) is 13.2 Å². The molecule has 0 aromatic heterocycles. The molecule has 0 N–H and O–H groups in total. The van der Waals surface area contributed by atoms with Crippen LogP contribution in [0.25, 0.3) is 0 Å². The number of quaternary nitrogens is 1. The molecule has 0 amide bonds. The van der Waals surface area contributed by atoms with Crippen LogP contribution in [0.4, 0.5) is 5.69 Å². The summed E-state index contributed by atoms with van der Waals surface area (Å²) in [4.78, 5) is 0. The van der Waals surface area contributed by atoms with E-state index in [2.05, 4.69) is 87.4 Å². The van der Waals surface area contributed by atoms with E-state index in [1.54, 1.807) is 0 Å². The second-order valence-electron chi connectivity index (χ2n) is 7.09. The predicted octanol–water partition coefficient (Wildman–Crippen LogP) is 4.70. The standard InChI is InChI=1S/C18H26NSi/c1-19(16-20(2,3)4,18-13-9-6-10-14-18)15-17-11-7-5-8-12-17/h5-14H,15-16H2,1-4H3/q+1. The maximum absolute atomic E-state index is 2.46. The van der Waals surface area contributed by atoms with Crippen LogP contribution in [0.5, 0.6) is 0 Å². The van der Waals surface area contributed by atoms with Crippen molar-refractivity contribution in [3.8, 4) is 0 Å². The van der Waals surface area contributed by atoms with Gasteiger partial charge in [0, 0.05) is 5.56 Å². The van der Waals surface area contributed by atoms with E-state index in [1.165, 1.54) is 17.4 Å². The second kappa shape index (κ2) is 5.94. The van der Waals surface area contributed by atoms with Gasteiger partial charge in [-0.2, -0.15) is 0 Å². The summed E-state index contributed by atoms with van der Waals surface area (Å²) in [5.74, 6) is 0. The number of hydrogen-bond donors (Lipinski definition) is 0. The third-order valence-electron chi connectivity index (χ3n) is 3.58. The molecule has 2 rings (SSSR count). The second-order valence-corrected chi connectivity index (χ2v) is 12.5. The largest absolute Gasteiger partial charge is 0.293 e. The first kappa shape index (κ1) is 15.0. The van der Waals surface area contributed by atoms with Gasteiger partial charge in [-0.25, -0.2) is 0 Å². The van der Waals surface area contributed by atoms with Crippen molar-refractivity contribution < 1.29 is 0 Å². The Morgan fingerprint density at radius 2 is 1.30 bits per heavy atom. The van der Waals surface area contributed by atoms with E-state index in [0.717, 1.165) is 11.0 Å². The van der Waals surface area contributed by atoms with Crippen molar-refractivity contribution in [2.24, 2.45) is 0 Å². The Balaban J connectivity index is 2.34. The molecule has 1 nitrogen and oxygen atoms in total. The van der Waals surface area contributed by atoms with Crippen LogP contribution in [-0.2, 0) is 6.54 Å². The van der Waals surface area contributed by atoms with Crippen molar-refractivity contribution >= 4 is 13.8 Å². The molecule has 20 heavy (non-hydrogen) atoms. The molecule has 0 aliphatic heterocycles. The summed E-state index contributed by atoms with van der Waals surface area (Å²) < 4.78 is 1.00. The highest BCUT2D eigenvalue weighted by atomic mass is 28.3. The van der Waals surface area contributed by atoms with Gasteiger partial charge in [-0.3, -0.25) is 4.48 Å². The number of rotatable bonds is 5. The molecule has 0 heterocycles. The highest BCUT2D eigenvalue weighted by Gasteiger charge is 2.32. The lowest BCUT2D eigenvalue weighted by Crippen LogP contribution is -2.53. The number of hydrogen-bond acceptors (Lipinski definition) is 0. The highest BCUT2D eigenvalue weighted by Crippen LogP contribution is 2.26. The van der Waals surface area contributed by atoms with Crippen molar-refractivity contribution in [1.29, 1.82) is 0 Å². The van der Waals surface area contributed by atoms with E-state index in [-0.39, 0.29) is 0 Å². The van der Waals surface area contributed by atoms with Crippen LogP contribution < -0.4 is 4.48 Å². The number of para-hydroxylation sites is 1. The Morgan fingerprint density at radius 3 is 1.80 bits per heavy atom. The van der Waals surface area contributed by atoms with Gasteiger partial charge in [0.15, 0.2) is 0 Å². The van der Waals surface area contributed by atoms with Crippen LogP contribution >= 0.6 is 0 Å². The van der Waals surface area contributed by atoms with Gasteiger partial charge in [0.25, 0.3) is 0 Å². The van der Waals surface area contributed by atoms with Crippen LogP contribution in [0.3, 0.4) is 0 Å². The molecule has 0 saturated carbocycles. The molecular weight excluding hydrogens is 258 g/mol. The van der Waals surface area contributed by atoms with Crippen LogP contribution in [0.1, 0.15) is 5.56 Å². The van der Waals surface area contributed by atoms with Crippen LogP contribution in [0, 0.1) is 0 Å². The summed E-state index contributed by atoms with van der Waals surface area (Å²) >= 11 is 0. The molecular formula is C18H26NSi+. The van der Waals surface area contributed by atoms with E-state index in [1.807, 2.05) is 0 Å². The number of nitrogens with zero attached hydrogens (tertiary/aromatic N) is 1. The van der Waals surface area contributed by atoms with Crippen molar-refractivity contribution in [3.63, 3.8) is 0 Å². The summed E-state index contributed by atoms with van der Waals surface area (Å²) in [5.41, 5.74) is 2.83. The van der Waals surface area contributed by atoms with Gasteiger partial charge in [0.1, 0.15) is 20.3 Å². The first-order chi connectivity index (χ1) is 9.39. The Labute approximate surface area is 124 Å². The number of benzene rings is 2. The maximum Gasteiger partial charge on any atom is 0.132 e. The van der Waals surface area contributed by atoms with Gasteiger partial charge in [0.2, 0.25) is 0 Å². The molecule has 106 valence electrons. The highest BCUT2D eigenvalue weighted by molar-refractivity contribution is 6.76. The lowest BCUT2D eigenvalue weighted by atomic mass is 10.1. The fraction of sp³-hybridized carbons (Fsp3) is 0.333. The lowest BCUT2D eigenvalue weighted by molar-refractivity contribution is 0.366. The summed E-state index contributed by atoms with van der Waals surface area (Å²) in [6, 6.07) is 21.8. The summed E-state index contributed by atoms with van der Waals surface area (Å²) in [7, 11) is 1.22. The zero-order valence-corrected chi connectivity index (χ0v) is 14.1. The molecule has 1 unspecified atom stereocenters. The summed E-state index contributed by atoms with van der Waals surface area (Å²) in [6.45, 7) is 8.43. The average Bonchev–Trinajstić information content (AvgIpc) is 2.39. The van der Waals surface area contributed by atoms with E-state index in [0.29, 0.717) is 0 Å². The molecule has 0 aliphatic rings. The molecule has 0 spiro atoms. The van der Waals surface area contributed by atoms with Gasteiger partial charge >= 0.3 is 0 Å². The van der Waals surface area contributed by atoms with E-state index in [9.17, 15) is 0 Å². The van der Waals surface area contributed by atoms with Crippen molar-refractivity contribution in [2.75, 3.05) is 13.2 Å². The Bertz CT molecular complexity index is 530.